The van der Waals surface area contributed by atoms with Gasteiger partial charge in [0, 0.05) is 19.8 Å². The molecule has 1 aromatic heterocycles. The summed E-state index contributed by atoms with van der Waals surface area (Å²) in [5.41, 5.74) is 5.40. The molecule has 1 amide bonds. The molecule has 0 bridgehead atoms. The van der Waals surface area contributed by atoms with Crippen LogP contribution in [0.3, 0.4) is 0 Å². The van der Waals surface area contributed by atoms with Gasteiger partial charge in [-0.05, 0) is 48.6 Å². The molecule has 204 valence electrons. The summed E-state index contributed by atoms with van der Waals surface area (Å²) in [5.74, 6) is 0.579. The van der Waals surface area contributed by atoms with Gasteiger partial charge in [0.25, 0.3) is 0 Å². The van der Waals surface area contributed by atoms with Crippen LogP contribution in [0.15, 0.2) is 71.9 Å². The molecule has 1 saturated heterocycles. The Morgan fingerprint density at radius 2 is 1.92 bits per heavy atom. The van der Waals surface area contributed by atoms with E-state index in [2.05, 4.69) is 9.97 Å². The number of nitrogen functional groups attached to an aromatic ring is 1. The molecule has 11 heteroatoms. The number of carbonyl (C=O) groups is 1. The van der Waals surface area contributed by atoms with Crippen LogP contribution in [0.5, 0.6) is 0 Å². The number of anilines is 1. The molecule has 3 aromatic rings. The second kappa shape index (κ2) is 10.5. The number of hydrogen-bond donors (Lipinski definition) is 1. The van der Waals surface area contributed by atoms with Crippen molar-refractivity contribution in [3.8, 4) is 0 Å². The van der Waals surface area contributed by atoms with Crippen molar-refractivity contribution in [3.63, 3.8) is 0 Å². The van der Waals surface area contributed by atoms with Gasteiger partial charge < -0.3 is 15.4 Å². The summed E-state index contributed by atoms with van der Waals surface area (Å²) in [7, 11) is 1.82. The van der Waals surface area contributed by atoms with Crippen molar-refractivity contribution in [1.29, 1.82) is 0 Å². The third-order valence-electron chi connectivity index (χ3n) is 7.17. The highest BCUT2D eigenvalue weighted by molar-refractivity contribution is 5.92. The summed E-state index contributed by atoms with van der Waals surface area (Å²) in [6, 6.07) is 15.7. The lowest BCUT2D eigenvalue weighted by Gasteiger charge is -2.36. The van der Waals surface area contributed by atoms with Crippen molar-refractivity contribution >= 4 is 17.9 Å². The highest BCUT2D eigenvalue weighted by Gasteiger charge is 2.47. The first-order valence-corrected chi connectivity index (χ1v) is 12.7. The van der Waals surface area contributed by atoms with Crippen LogP contribution in [0, 0.1) is 0 Å². The minimum absolute atomic E-state index is 0.00561. The number of halogens is 3. The van der Waals surface area contributed by atoms with Crippen LogP contribution in [-0.2, 0) is 23.1 Å². The number of benzene rings is 2. The lowest BCUT2D eigenvalue weighted by atomic mass is 9.86. The Bertz CT molecular complexity index is 1370. The number of aliphatic imine (C=N–C) groups is 1. The molecular formula is C28H29F3N6O2. The largest absolute Gasteiger partial charge is 0.445 e. The quantitative estimate of drug-likeness (QED) is 0.499. The summed E-state index contributed by atoms with van der Waals surface area (Å²) >= 11 is 0. The smallest absolute Gasteiger partial charge is 0.416 e. The predicted molar refractivity (Wildman–Crippen MR) is 140 cm³/mol. The number of rotatable bonds is 5. The van der Waals surface area contributed by atoms with Crippen LogP contribution in [0.4, 0.5) is 23.9 Å². The van der Waals surface area contributed by atoms with Crippen molar-refractivity contribution in [2.75, 3.05) is 25.9 Å². The zero-order valence-electron chi connectivity index (χ0n) is 21.4. The summed E-state index contributed by atoms with van der Waals surface area (Å²) in [6.45, 7) is 0.839. The summed E-state index contributed by atoms with van der Waals surface area (Å²) in [6.07, 6.45) is -1.18. The van der Waals surface area contributed by atoms with Crippen molar-refractivity contribution in [3.05, 3.63) is 89.2 Å². The maximum Gasteiger partial charge on any atom is 0.416 e. The number of aromatic nitrogens is 2. The van der Waals surface area contributed by atoms with E-state index in [1.807, 2.05) is 42.3 Å². The number of carbonyl (C=O) groups excluding carboxylic acids is 1. The number of ether oxygens (including phenoxy) is 1. The summed E-state index contributed by atoms with van der Waals surface area (Å²) in [5, 5.41) is 0. The predicted octanol–water partition coefficient (Wildman–Crippen LogP) is 4.86. The van der Waals surface area contributed by atoms with Gasteiger partial charge in [-0.15, -0.1) is 0 Å². The molecule has 0 radical (unpaired) electrons. The van der Waals surface area contributed by atoms with E-state index >= 15 is 0 Å². The molecule has 2 aromatic carbocycles. The van der Waals surface area contributed by atoms with Crippen molar-refractivity contribution in [1.82, 2.24) is 19.8 Å². The van der Waals surface area contributed by atoms with Crippen LogP contribution in [0.1, 0.15) is 41.6 Å². The molecule has 1 fully saturated rings. The SMILES string of the molecule is CN1CC(c2cccc(C(F)(F)F)c2)(c2ccnc(N)n2)N=C1C1CCCCN1C(=O)OCc1ccccc1. The maximum absolute atomic E-state index is 13.7. The van der Waals surface area contributed by atoms with Gasteiger partial charge >= 0.3 is 12.3 Å². The second-order valence-corrected chi connectivity index (χ2v) is 9.81. The van der Waals surface area contributed by atoms with Crippen LogP contribution in [0.25, 0.3) is 0 Å². The third kappa shape index (κ3) is 5.39. The van der Waals surface area contributed by atoms with Gasteiger partial charge in [0.05, 0.1) is 23.8 Å². The van der Waals surface area contributed by atoms with Crippen LogP contribution in [-0.4, -0.2) is 57.9 Å². The van der Waals surface area contributed by atoms with Crippen LogP contribution < -0.4 is 5.73 Å². The lowest BCUT2D eigenvalue weighted by molar-refractivity contribution is -0.137. The Hall–Kier alpha value is -4.15. The zero-order chi connectivity index (χ0) is 27.6. The fourth-order valence-corrected chi connectivity index (χ4v) is 5.29. The number of amidine groups is 1. The molecule has 0 saturated carbocycles. The average Bonchev–Trinajstić information content (AvgIpc) is 3.30. The highest BCUT2D eigenvalue weighted by atomic mass is 19.4. The monoisotopic (exact) mass is 538 g/mol. The molecule has 2 aliphatic heterocycles. The van der Waals surface area contributed by atoms with Crippen molar-refractivity contribution in [2.45, 2.75) is 43.6 Å². The fourth-order valence-electron chi connectivity index (χ4n) is 5.29. The number of amides is 1. The molecule has 0 spiro atoms. The van der Waals surface area contributed by atoms with Gasteiger partial charge in [0.2, 0.25) is 5.95 Å². The van der Waals surface area contributed by atoms with E-state index in [0.29, 0.717) is 30.1 Å². The Kier molecular flexibility index (Phi) is 7.16. The fraction of sp³-hybridized carbons (Fsp3) is 0.357. The molecule has 8 nitrogen and oxygen atoms in total. The number of nitrogens with two attached hydrogens (primary N) is 1. The van der Waals surface area contributed by atoms with E-state index in [1.54, 1.807) is 17.0 Å². The summed E-state index contributed by atoms with van der Waals surface area (Å²) < 4.78 is 46.7. The number of piperidine rings is 1. The Balaban J connectivity index is 1.53. The molecular weight excluding hydrogens is 509 g/mol. The molecule has 0 aliphatic carbocycles. The van der Waals surface area contributed by atoms with Gasteiger partial charge in [0.1, 0.15) is 18.0 Å². The van der Waals surface area contributed by atoms with E-state index in [9.17, 15) is 18.0 Å². The lowest BCUT2D eigenvalue weighted by Crippen LogP contribution is -2.51. The number of hydrogen-bond acceptors (Lipinski definition) is 7. The standard InChI is InChI=1S/C28H29F3N6O2/c1-36-18-27(23-13-14-33-25(32)34-23,20-10-7-11-21(16-20)28(29,30)31)35-24(36)22-12-5-6-15-37(22)26(38)39-17-19-8-3-2-4-9-19/h2-4,7-11,13-14,16,22H,5-6,12,15,17-18H2,1H3,(H2,32,33,34). The Labute approximate surface area is 224 Å². The molecule has 2 atom stereocenters. The average molecular weight is 539 g/mol. The van der Waals surface area contributed by atoms with E-state index in [4.69, 9.17) is 15.5 Å². The highest BCUT2D eigenvalue weighted by Crippen LogP contribution is 2.41. The number of alkyl halides is 3. The molecule has 39 heavy (non-hydrogen) atoms. The minimum atomic E-state index is -4.53. The van der Waals surface area contributed by atoms with Gasteiger partial charge in [-0.2, -0.15) is 13.2 Å². The first kappa shape index (κ1) is 26.5. The molecule has 2 aliphatic rings. The topological polar surface area (TPSA) is 96.9 Å². The first-order valence-electron chi connectivity index (χ1n) is 12.7. The van der Waals surface area contributed by atoms with E-state index < -0.39 is 29.4 Å². The normalized spacial score (nSPS) is 21.5. The second-order valence-electron chi connectivity index (χ2n) is 9.81. The van der Waals surface area contributed by atoms with Gasteiger partial charge in [-0.3, -0.25) is 9.89 Å². The third-order valence-corrected chi connectivity index (χ3v) is 7.17. The van der Waals surface area contributed by atoms with Gasteiger partial charge in [-0.25, -0.2) is 14.8 Å². The van der Waals surface area contributed by atoms with Crippen LogP contribution >= 0.6 is 0 Å². The molecule has 2 unspecified atom stereocenters. The minimum Gasteiger partial charge on any atom is -0.445 e. The Morgan fingerprint density at radius 1 is 1.13 bits per heavy atom. The maximum atomic E-state index is 13.7. The number of likely N-dealkylation sites (tertiary alicyclic amines) is 1. The van der Waals surface area contributed by atoms with Crippen molar-refractivity contribution < 1.29 is 22.7 Å². The van der Waals surface area contributed by atoms with Gasteiger partial charge in [0.15, 0.2) is 0 Å². The van der Waals surface area contributed by atoms with E-state index in [1.165, 1.54) is 12.3 Å². The molecule has 2 N–H and O–H groups in total. The Morgan fingerprint density at radius 3 is 2.67 bits per heavy atom. The van der Waals surface area contributed by atoms with E-state index in [0.717, 1.165) is 30.5 Å². The zero-order valence-corrected chi connectivity index (χ0v) is 21.4. The summed E-state index contributed by atoms with van der Waals surface area (Å²) in [4.78, 5) is 30.1. The molecule has 5 rings (SSSR count). The van der Waals surface area contributed by atoms with Crippen LogP contribution in [0.2, 0.25) is 0 Å². The van der Waals surface area contributed by atoms with Gasteiger partial charge in [-0.1, -0.05) is 42.5 Å². The number of likely N-dealkylation sites (N-methyl/N-ethyl adjacent to an activating group) is 1. The van der Waals surface area contributed by atoms with Crippen molar-refractivity contribution in [2.24, 2.45) is 4.99 Å². The molecule has 3 heterocycles. The van der Waals surface area contributed by atoms with E-state index in [-0.39, 0.29) is 19.1 Å². The number of nitrogens with zero attached hydrogens (tertiary/aromatic N) is 5. The first-order chi connectivity index (χ1) is 18.7.